The van der Waals surface area contributed by atoms with Gasteiger partial charge >= 0.3 is 0 Å². The Morgan fingerprint density at radius 2 is 1.79 bits per heavy atom. The van der Waals surface area contributed by atoms with Crippen LogP contribution in [0.15, 0.2) is 54.9 Å². The van der Waals surface area contributed by atoms with Gasteiger partial charge in [0.15, 0.2) is 23.2 Å². The van der Waals surface area contributed by atoms with Crippen LogP contribution >= 0.6 is 0 Å². The monoisotopic (exact) mass is 519 g/mol. The van der Waals surface area contributed by atoms with E-state index < -0.39 is 31.1 Å². The highest BCUT2D eigenvalue weighted by Gasteiger charge is 2.45. The molecule has 1 saturated heterocycles. The molecule has 11 nitrogen and oxygen atoms in total. The molecule has 1 aliphatic rings. The Morgan fingerprint density at radius 3 is 2.53 bits per heavy atom. The van der Waals surface area contributed by atoms with Gasteiger partial charge in [0.2, 0.25) is 5.95 Å². The fourth-order valence-electron chi connectivity index (χ4n) is 4.76. The minimum Gasteiger partial charge on any atom is -0.394 e. The molecule has 0 radical (unpaired) electrons. The first-order valence-corrected chi connectivity index (χ1v) is 12.7. The number of nitrogens with zero attached hydrogens (tertiary/aromatic N) is 4. The lowest BCUT2D eigenvalue weighted by Gasteiger charge is -2.19. The maximum atomic E-state index is 10.6. The Morgan fingerprint density at radius 1 is 0.974 bits per heavy atom. The lowest BCUT2D eigenvalue weighted by Crippen LogP contribution is -2.33. The van der Waals surface area contributed by atoms with E-state index in [2.05, 4.69) is 56.7 Å². The molecule has 0 aliphatic carbocycles. The highest BCUT2D eigenvalue weighted by Crippen LogP contribution is 2.35. The van der Waals surface area contributed by atoms with E-state index in [-0.39, 0.29) is 5.82 Å². The van der Waals surface area contributed by atoms with Crippen LogP contribution in [0.4, 0.5) is 11.8 Å². The average molecular weight is 520 g/mol. The molecule has 0 spiro atoms. The summed E-state index contributed by atoms with van der Waals surface area (Å²) in [5.74, 6) is 0.523. The van der Waals surface area contributed by atoms with E-state index in [0.717, 1.165) is 36.0 Å². The maximum Gasteiger partial charge on any atom is 0.207 e. The van der Waals surface area contributed by atoms with Gasteiger partial charge in [-0.25, -0.2) is 15.0 Å². The van der Waals surface area contributed by atoms with Crippen molar-refractivity contribution in [2.24, 2.45) is 5.73 Å². The lowest BCUT2D eigenvalue weighted by molar-refractivity contribution is -0.0501. The van der Waals surface area contributed by atoms with Gasteiger partial charge in [0.1, 0.15) is 24.6 Å². The molecule has 1 fully saturated rings. The minimum atomic E-state index is -1.30. The van der Waals surface area contributed by atoms with Crippen LogP contribution in [0.1, 0.15) is 30.2 Å². The van der Waals surface area contributed by atoms with Gasteiger partial charge in [-0.2, -0.15) is 0 Å². The van der Waals surface area contributed by atoms with Crippen LogP contribution in [0.2, 0.25) is 0 Å². The van der Waals surface area contributed by atoms with Gasteiger partial charge in [0, 0.05) is 6.54 Å². The molecule has 0 unspecified atom stereocenters. The number of hydrogen-bond acceptors (Lipinski definition) is 10. The Labute approximate surface area is 220 Å². The Kier molecular flexibility index (Phi) is 7.82. The molecule has 0 bridgehead atoms. The van der Waals surface area contributed by atoms with E-state index in [1.165, 1.54) is 11.9 Å². The van der Waals surface area contributed by atoms with Crippen LogP contribution in [0.3, 0.4) is 0 Å². The second-order valence-corrected chi connectivity index (χ2v) is 9.46. The molecular weight excluding hydrogens is 486 g/mol. The smallest absolute Gasteiger partial charge is 0.207 e. The largest absolute Gasteiger partial charge is 0.394 e. The number of imidazole rings is 1. The molecule has 8 N–H and O–H groups in total. The van der Waals surface area contributed by atoms with Crippen molar-refractivity contribution in [3.63, 3.8) is 0 Å². The standard InChI is InChI=1S/C27H33N7O4/c28-11-2-1-4-16-5-3-6-19(12-16)18-9-7-17(8-10-18)13-30-27-33-21-24(29)31-15-32-25(21)34(27)26-23(37)22(36)20(14-35)38-26/h3,5-10,12,15,20,22-23,26,35-37H,1-2,4,11,13-14,28H2,(H,30,33)(H2,29,31,32)/t20-,22-,23-,26-/m1/s1. The highest BCUT2D eigenvalue weighted by molar-refractivity contribution is 5.84. The Balaban J connectivity index is 1.35. The van der Waals surface area contributed by atoms with Gasteiger partial charge in [-0.15, -0.1) is 0 Å². The number of ether oxygens (including phenoxy) is 1. The summed E-state index contributed by atoms with van der Waals surface area (Å²) in [6.07, 6.45) is -0.115. The number of unbranched alkanes of at least 4 members (excludes halogenated alkanes) is 1. The van der Waals surface area contributed by atoms with Gasteiger partial charge in [0.05, 0.1) is 6.61 Å². The van der Waals surface area contributed by atoms with Crippen LogP contribution in [0, 0.1) is 0 Å². The number of nitrogen functional groups attached to an aromatic ring is 1. The molecule has 0 amide bonds. The zero-order chi connectivity index (χ0) is 26.6. The number of nitrogens with two attached hydrogens (primary N) is 2. The first kappa shape index (κ1) is 26.0. The Bertz CT molecular complexity index is 1380. The summed E-state index contributed by atoms with van der Waals surface area (Å²) in [7, 11) is 0. The normalized spacial score (nSPS) is 21.3. The summed E-state index contributed by atoms with van der Waals surface area (Å²) >= 11 is 0. The third-order valence-electron chi connectivity index (χ3n) is 6.86. The second kappa shape index (κ2) is 11.4. The van der Waals surface area contributed by atoms with Crippen molar-refractivity contribution in [2.75, 3.05) is 24.2 Å². The zero-order valence-corrected chi connectivity index (χ0v) is 20.9. The summed E-state index contributed by atoms with van der Waals surface area (Å²) in [5, 5.41) is 33.7. The minimum absolute atomic E-state index is 0.179. The van der Waals surface area contributed by atoms with E-state index in [1.54, 1.807) is 4.57 Å². The van der Waals surface area contributed by atoms with Crippen LogP contribution < -0.4 is 16.8 Å². The van der Waals surface area contributed by atoms with Crippen molar-refractivity contribution in [2.45, 2.75) is 50.3 Å². The maximum absolute atomic E-state index is 10.6. The van der Waals surface area contributed by atoms with Crippen LogP contribution in [0.25, 0.3) is 22.3 Å². The number of aryl methyl sites for hydroxylation is 1. The topological polar surface area (TPSA) is 178 Å². The van der Waals surface area contributed by atoms with Crippen LogP contribution in [-0.2, 0) is 17.7 Å². The number of rotatable bonds is 10. The predicted molar refractivity (Wildman–Crippen MR) is 144 cm³/mol. The third kappa shape index (κ3) is 5.19. The van der Waals surface area contributed by atoms with E-state index in [1.807, 2.05) is 12.1 Å². The van der Waals surface area contributed by atoms with E-state index in [0.29, 0.717) is 30.2 Å². The fraction of sp³-hybridized carbons (Fsp3) is 0.370. The van der Waals surface area contributed by atoms with Crippen molar-refractivity contribution in [3.05, 3.63) is 66.0 Å². The second-order valence-electron chi connectivity index (χ2n) is 9.46. The van der Waals surface area contributed by atoms with Gasteiger partial charge in [-0.05, 0) is 48.1 Å². The highest BCUT2D eigenvalue weighted by atomic mass is 16.6. The fourth-order valence-corrected chi connectivity index (χ4v) is 4.76. The first-order valence-electron chi connectivity index (χ1n) is 12.7. The molecule has 1 aliphatic heterocycles. The average Bonchev–Trinajstić information content (AvgIpc) is 3.45. The molecule has 200 valence electrons. The SMILES string of the molecule is NCCCCc1cccc(-c2ccc(CNc3nc4c(N)ncnc4n3[C@@H]3O[C@H](CO)[C@@H](O)[C@H]3O)cc2)c1. The molecule has 38 heavy (non-hydrogen) atoms. The van der Waals surface area contributed by atoms with Crippen LogP contribution in [-0.4, -0.2) is 66.3 Å². The number of anilines is 2. The van der Waals surface area contributed by atoms with Crippen molar-refractivity contribution in [3.8, 4) is 11.1 Å². The molecule has 4 aromatic rings. The van der Waals surface area contributed by atoms with Crippen molar-refractivity contribution >= 4 is 22.9 Å². The number of hydrogen-bond donors (Lipinski definition) is 6. The molecular formula is C27H33N7O4. The first-order chi connectivity index (χ1) is 18.5. The molecule has 2 aromatic carbocycles. The van der Waals surface area contributed by atoms with Crippen molar-refractivity contribution in [1.82, 2.24) is 19.5 Å². The number of aliphatic hydroxyl groups is 3. The van der Waals surface area contributed by atoms with E-state index >= 15 is 0 Å². The molecule has 11 heteroatoms. The summed E-state index contributed by atoms with van der Waals surface area (Å²) in [6.45, 7) is 0.695. The lowest BCUT2D eigenvalue weighted by atomic mass is 9.99. The van der Waals surface area contributed by atoms with Gasteiger partial charge in [0.25, 0.3) is 0 Å². The van der Waals surface area contributed by atoms with Gasteiger partial charge in [-0.3, -0.25) is 4.57 Å². The van der Waals surface area contributed by atoms with Gasteiger partial charge < -0.3 is 36.8 Å². The number of benzene rings is 2. The summed E-state index contributed by atoms with van der Waals surface area (Å²) in [4.78, 5) is 12.8. The summed E-state index contributed by atoms with van der Waals surface area (Å²) in [5.41, 5.74) is 16.9. The summed E-state index contributed by atoms with van der Waals surface area (Å²) in [6, 6.07) is 16.8. The molecule has 4 atom stereocenters. The van der Waals surface area contributed by atoms with Crippen molar-refractivity contribution in [1.29, 1.82) is 0 Å². The zero-order valence-electron chi connectivity index (χ0n) is 20.9. The summed E-state index contributed by atoms with van der Waals surface area (Å²) < 4.78 is 7.29. The number of fused-ring (bicyclic) bond motifs is 1. The number of aromatic nitrogens is 4. The van der Waals surface area contributed by atoms with Crippen LogP contribution in [0.5, 0.6) is 0 Å². The molecule has 5 rings (SSSR count). The number of nitrogens with one attached hydrogen (secondary N) is 1. The third-order valence-corrected chi connectivity index (χ3v) is 6.86. The van der Waals surface area contributed by atoms with E-state index in [9.17, 15) is 15.3 Å². The molecule has 3 heterocycles. The van der Waals surface area contributed by atoms with E-state index in [4.69, 9.17) is 16.2 Å². The quantitative estimate of drug-likeness (QED) is 0.169. The molecule has 2 aromatic heterocycles. The van der Waals surface area contributed by atoms with Crippen molar-refractivity contribution < 1.29 is 20.1 Å². The Hall–Kier alpha value is -3.61. The number of aliphatic hydroxyl groups excluding tert-OH is 3. The van der Waals surface area contributed by atoms with Gasteiger partial charge in [-0.1, -0.05) is 48.5 Å². The predicted octanol–water partition coefficient (Wildman–Crippen LogP) is 1.58. The molecule has 0 saturated carbocycles.